The van der Waals surface area contributed by atoms with Crippen LogP contribution in [0.15, 0.2) is 54.1 Å². The Labute approximate surface area is 158 Å². The molecule has 2 aromatic rings. The van der Waals surface area contributed by atoms with E-state index in [2.05, 4.69) is 5.43 Å². The Morgan fingerprint density at radius 1 is 1.15 bits per heavy atom. The normalized spacial score (nSPS) is 18.6. The van der Waals surface area contributed by atoms with E-state index in [-0.39, 0.29) is 11.5 Å². The summed E-state index contributed by atoms with van der Waals surface area (Å²) in [6.07, 6.45) is 5.43. The van der Waals surface area contributed by atoms with Crippen LogP contribution in [0.3, 0.4) is 0 Å². The molecule has 1 aliphatic carbocycles. The van der Waals surface area contributed by atoms with E-state index in [0.717, 1.165) is 23.5 Å². The van der Waals surface area contributed by atoms with Crippen LogP contribution in [0, 0.1) is 12.8 Å². The smallest absolute Gasteiger partial charge is 0.282 e. The van der Waals surface area contributed by atoms with Gasteiger partial charge in [-0.25, -0.2) is 5.01 Å². The lowest BCUT2D eigenvalue weighted by Crippen LogP contribution is -2.35. The van der Waals surface area contributed by atoms with Crippen molar-refractivity contribution >= 4 is 23.6 Å². The molecule has 0 unspecified atom stereocenters. The average molecular weight is 362 g/mol. The van der Waals surface area contributed by atoms with Crippen molar-refractivity contribution in [3.8, 4) is 5.75 Å². The van der Waals surface area contributed by atoms with Gasteiger partial charge in [0.15, 0.2) is 0 Å². The Hall–Kier alpha value is -3.08. The zero-order valence-corrected chi connectivity index (χ0v) is 15.3. The number of hydrogen-bond donors (Lipinski definition) is 1. The molecule has 2 fully saturated rings. The molecule has 27 heavy (non-hydrogen) atoms. The molecule has 1 heterocycles. The number of carbonyl (C=O) groups excluding carboxylic acids is 2. The lowest BCUT2D eigenvalue weighted by atomic mass is 9.86. The predicted molar refractivity (Wildman–Crippen MR) is 104 cm³/mol. The summed E-state index contributed by atoms with van der Waals surface area (Å²) in [5.41, 5.74) is 5.17. The van der Waals surface area contributed by atoms with Gasteiger partial charge in [0.05, 0.1) is 12.3 Å². The molecule has 2 aromatic carbocycles. The van der Waals surface area contributed by atoms with Gasteiger partial charge in [-0.2, -0.15) is 0 Å². The Kier molecular flexibility index (Phi) is 4.67. The van der Waals surface area contributed by atoms with Crippen molar-refractivity contribution in [2.75, 3.05) is 11.6 Å². The standard InChI is InChI=1S/C22H22N2O3/c1-15-12-17(10-11-20(15)27-14-16-6-5-7-16)13-19-21(25)23-24(22(19)26)18-8-3-2-4-9-18/h2-4,8-13,16H,5-7,14H2,1H3,(H,23,25). The number of anilines is 1. The van der Waals surface area contributed by atoms with Crippen LogP contribution in [0.2, 0.25) is 0 Å². The van der Waals surface area contributed by atoms with E-state index >= 15 is 0 Å². The van der Waals surface area contributed by atoms with Crippen LogP contribution in [0.4, 0.5) is 5.69 Å². The Balaban J connectivity index is 1.51. The first-order chi connectivity index (χ1) is 13.1. The predicted octanol–water partition coefficient (Wildman–Crippen LogP) is 3.64. The summed E-state index contributed by atoms with van der Waals surface area (Å²) >= 11 is 0. The summed E-state index contributed by atoms with van der Waals surface area (Å²) in [5.74, 6) is 0.785. The highest BCUT2D eigenvalue weighted by Crippen LogP contribution is 2.29. The average Bonchev–Trinajstić information content (AvgIpc) is 2.91. The number of amides is 2. The molecular formula is C22H22N2O3. The van der Waals surface area contributed by atoms with E-state index in [9.17, 15) is 9.59 Å². The topological polar surface area (TPSA) is 58.6 Å². The highest BCUT2D eigenvalue weighted by molar-refractivity contribution is 6.31. The summed E-state index contributed by atoms with van der Waals surface area (Å²) in [6.45, 7) is 2.74. The van der Waals surface area contributed by atoms with Crippen molar-refractivity contribution < 1.29 is 14.3 Å². The molecule has 0 bridgehead atoms. The van der Waals surface area contributed by atoms with E-state index in [0.29, 0.717) is 11.6 Å². The maximum Gasteiger partial charge on any atom is 0.282 e. The van der Waals surface area contributed by atoms with E-state index in [1.165, 1.54) is 24.3 Å². The highest BCUT2D eigenvalue weighted by atomic mass is 16.5. The number of nitrogens with one attached hydrogen (secondary N) is 1. The van der Waals surface area contributed by atoms with Gasteiger partial charge < -0.3 is 4.74 Å². The van der Waals surface area contributed by atoms with Crippen molar-refractivity contribution in [2.24, 2.45) is 5.92 Å². The molecule has 0 radical (unpaired) electrons. The number of ether oxygens (including phenoxy) is 1. The van der Waals surface area contributed by atoms with Gasteiger partial charge in [0, 0.05) is 0 Å². The third kappa shape index (κ3) is 3.58. The molecule has 5 heteroatoms. The Morgan fingerprint density at radius 2 is 1.93 bits per heavy atom. The molecular weight excluding hydrogens is 340 g/mol. The van der Waals surface area contributed by atoms with Gasteiger partial charge in [0.2, 0.25) is 0 Å². The van der Waals surface area contributed by atoms with Crippen LogP contribution in [0.5, 0.6) is 5.75 Å². The monoisotopic (exact) mass is 362 g/mol. The second kappa shape index (κ2) is 7.27. The van der Waals surface area contributed by atoms with E-state index < -0.39 is 5.91 Å². The summed E-state index contributed by atoms with van der Waals surface area (Å²) in [4.78, 5) is 24.9. The molecule has 4 rings (SSSR count). The van der Waals surface area contributed by atoms with Crippen molar-refractivity contribution in [3.63, 3.8) is 0 Å². The molecule has 2 aliphatic rings. The van der Waals surface area contributed by atoms with Crippen molar-refractivity contribution in [3.05, 3.63) is 65.2 Å². The summed E-state index contributed by atoms with van der Waals surface area (Å²) < 4.78 is 5.91. The van der Waals surface area contributed by atoms with Crippen LogP contribution in [-0.2, 0) is 9.59 Å². The quantitative estimate of drug-likeness (QED) is 0.653. The number of para-hydroxylation sites is 1. The second-order valence-corrected chi connectivity index (χ2v) is 7.11. The number of carbonyl (C=O) groups is 2. The van der Waals surface area contributed by atoms with Crippen LogP contribution < -0.4 is 15.2 Å². The van der Waals surface area contributed by atoms with Gasteiger partial charge in [-0.05, 0) is 67.2 Å². The first-order valence-electron chi connectivity index (χ1n) is 9.27. The molecule has 1 saturated carbocycles. The molecule has 1 N–H and O–H groups in total. The van der Waals surface area contributed by atoms with Crippen LogP contribution in [0.25, 0.3) is 6.08 Å². The first-order valence-corrected chi connectivity index (χ1v) is 9.27. The van der Waals surface area contributed by atoms with E-state index in [4.69, 9.17) is 4.74 Å². The zero-order chi connectivity index (χ0) is 18.8. The number of benzene rings is 2. The SMILES string of the molecule is Cc1cc(C=C2C(=O)NN(c3ccccc3)C2=O)ccc1OCC1CCC1. The van der Waals surface area contributed by atoms with E-state index in [1.807, 2.05) is 43.3 Å². The largest absolute Gasteiger partial charge is 0.493 e. The van der Waals surface area contributed by atoms with Crippen molar-refractivity contribution in [1.82, 2.24) is 5.43 Å². The minimum atomic E-state index is -0.396. The number of nitrogens with zero attached hydrogens (tertiary/aromatic N) is 1. The second-order valence-electron chi connectivity index (χ2n) is 7.11. The third-order valence-electron chi connectivity index (χ3n) is 5.12. The van der Waals surface area contributed by atoms with Crippen molar-refractivity contribution in [1.29, 1.82) is 0 Å². The lowest BCUT2D eigenvalue weighted by molar-refractivity contribution is -0.117. The van der Waals surface area contributed by atoms with Gasteiger partial charge in [0.1, 0.15) is 11.3 Å². The van der Waals surface area contributed by atoms with Gasteiger partial charge in [-0.1, -0.05) is 30.7 Å². The van der Waals surface area contributed by atoms with Crippen LogP contribution in [-0.4, -0.2) is 18.4 Å². The van der Waals surface area contributed by atoms with E-state index in [1.54, 1.807) is 18.2 Å². The van der Waals surface area contributed by atoms with Gasteiger partial charge in [0.25, 0.3) is 11.8 Å². The van der Waals surface area contributed by atoms with Gasteiger partial charge in [-0.15, -0.1) is 0 Å². The molecule has 0 spiro atoms. The minimum absolute atomic E-state index is 0.126. The Morgan fingerprint density at radius 3 is 2.59 bits per heavy atom. The highest BCUT2D eigenvalue weighted by Gasteiger charge is 2.34. The van der Waals surface area contributed by atoms with Crippen LogP contribution >= 0.6 is 0 Å². The maximum atomic E-state index is 12.6. The first kappa shape index (κ1) is 17.3. The molecule has 2 amide bonds. The fraction of sp³-hybridized carbons (Fsp3) is 0.273. The third-order valence-corrected chi connectivity index (χ3v) is 5.12. The Bertz CT molecular complexity index is 901. The number of hydrazine groups is 1. The maximum absolute atomic E-state index is 12.6. The van der Waals surface area contributed by atoms with Gasteiger partial charge in [-0.3, -0.25) is 15.0 Å². The van der Waals surface area contributed by atoms with Crippen LogP contribution in [0.1, 0.15) is 30.4 Å². The minimum Gasteiger partial charge on any atom is -0.493 e. The molecule has 138 valence electrons. The van der Waals surface area contributed by atoms with Crippen molar-refractivity contribution in [2.45, 2.75) is 26.2 Å². The number of rotatable bonds is 5. The summed E-state index contributed by atoms with van der Waals surface area (Å²) in [5, 5.41) is 1.27. The fourth-order valence-electron chi connectivity index (χ4n) is 3.27. The molecule has 1 aliphatic heterocycles. The summed E-state index contributed by atoms with van der Waals surface area (Å²) in [6, 6.07) is 14.8. The summed E-state index contributed by atoms with van der Waals surface area (Å²) in [7, 11) is 0. The molecule has 1 saturated heterocycles. The zero-order valence-electron chi connectivity index (χ0n) is 15.3. The number of aryl methyl sites for hydroxylation is 1. The number of hydrogen-bond acceptors (Lipinski definition) is 3. The van der Waals surface area contributed by atoms with Gasteiger partial charge >= 0.3 is 0 Å². The molecule has 5 nitrogen and oxygen atoms in total. The fourth-order valence-corrected chi connectivity index (χ4v) is 3.27. The molecule has 0 aromatic heterocycles. The molecule has 0 atom stereocenters. The lowest BCUT2D eigenvalue weighted by Gasteiger charge is -2.25.